The Morgan fingerprint density at radius 2 is 1.88 bits per heavy atom. The van der Waals surface area contributed by atoms with E-state index >= 15 is 0 Å². The molecule has 2 aliphatic heterocycles. The molecule has 0 atom stereocenters. The number of thioether (sulfide) groups is 1. The molecule has 9 heteroatoms. The molecular weight excluding hydrogens is 474 g/mol. The fourth-order valence-corrected chi connectivity index (χ4v) is 7.56. The molecule has 1 saturated heterocycles. The van der Waals surface area contributed by atoms with Crippen molar-refractivity contribution in [1.29, 1.82) is 0 Å². The molecule has 6 nitrogen and oxygen atoms in total. The van der Waals surface area contributed by atoms with E-state index in [0.29, 0.717) is 42.3 Å². The molecule has 33 heavy (non-hydrogen) atoms. The second kappa shape index (κ2) is 9.58. The molecule has 1 fully saturated rings. The van der Waals surface area contributed by atoms with Gasteiger partial charge in [-0.15, -0.1) is 23.1 Å². The molecule has 2 aliphatic rings. The molecule has 3 aromatic rings. The normalized spacial score (nSPS) is 16.7. The maximum atomic E-state index is 13.5. The van der Waals surface area contributed by atoms with Crippen LogP contribution in [-0.2, 0) is 22.2 Å². The zero-order chi connectivity index (χ0) is 22.8. The Labute approximate surface area is 202 Å². The predicted molar refractivity (Wildman–Crippen MR) is 133 cm³/mol. The average Bonchev–Trinajstić information content (AvgIpc) is 3.52. The van der Waals surface area contributed by atoms with Gasteiger partial charge in [0.15, 0.2) is 0 Å². The number of rotatable bonds is 6. The second-order valence-electron chi connectivity index (χ2n) is 8.23. The highest BCUT2D eigenvalue weighted by atomic mass is 32.2. The van der Waals surface area contributed by atoms with Crippen molar-refractivity contribution in [2.45, 2.75) is 41.2 Å². The van der Waals surface area contributed by atoms with Crippen LogP contribution in [0.2, 0.25) is 0 Å². The molecule has 0 saturated carbocycles. The molecule has 2 aromatic carbocycles. The maximum absolute atomic E-state index is 13.5. The van der Waals surface area contributed by atoms with Crippen LogP contribution in [0.5, 0.6) is 0 Å². The SMILES string of the molecule is O=C(c1ccccc1SCc1cscn1)N1CCc2cc(S(=O)(=O)N3CCCCC3)ccc21. The van der Waals surface area contributed by atoms with Crippen molar-refractivity contribution in [2.24, 2.45) is 0 Å². The average molecular weight is 500 g/mol. The number of sulfonamides is 1. The second-order valence-corrected chi connectivity index (χ2v) is 11.9. The number of carbonyl (C=O) groups excluding carboxylic acids is 1. The van der Waals surface area contributed by atoms with Crippen LogP contribution in [-0.4, -0.2) is 43.2 Å². The van der Waals surface area contributed by atoms with E-state index in [1.165, 1.54) is 0 Å². The van der Waals surface area contributed by atoms with Gasteiger partial charge in [-0.1, -0.05) is 18.6 Å². The lowest BCUT2D eigenvalue weighted by atomic mass is 10.1. The molecular formula is C24H25N3O3S3. The maximum Gasteiger partial charge on any atom is 0.259 e. The zero-order valence-electron chi connectivity index (χ0n) is 18.1. The van der Waals surface area contributed by atoms with Crippen LogP contribution in [0.3, 0.4) is 0 Å². The van der Waals surface area contributed by atoms with Crippen LogP contribution in [0.25, 0.3) is 0 Å². The lowest BCUT2D eigenvalue weighted by Gasteiger charge is -2.26. The Hall–Kier alpha value is -2.20. The lowest BCUT2D eigenvalue weighted by Crippen LogP contribution is -2.35. The summed E-state index contributed by atoms with van der Waals surface area (Å²) >= 11 is 3.17. The number of hydrogen-bond donors (Lipinski definition) is 0. The number of amides is 1. The van der Waals surface area contributed by atoms with Gasteiger partial charge < -0.3 is 4.90 Å². The van der Waals surface area contributed by atoms with E-state index < -0.39 is 10.0 Å². The first-order chi connectivity index (χ1) is 16.0. The quantitative estimate of drug-likeness (QED) is 0.455. The summed E-state index contributed by atoms with van der Waals surface area (Å²) in [6.45, 7) is 1.71. The van der Waals surface area contributed by atoms with Gasteiger partial charge >= 0.3 is 0 Å². The van der Waals surface area contributed by atoms with Gasteiger partial charge in [0, 0.05) is 41.4 Å². The molecule has 0 aliphatic carbocycles. The molecule has 5 rings (SSSR count). The number of anilines is 1. The third-order valence-electron chi connectivity index (χ3n) is 6.12. The van der Waals surface area contributed by atoms with Gasteiger partial charge in [0.2, 0.25) is 10.0 Å². The number of piperidine rings is 1. The van der Waals surface area contributed by atoms with Gasteiger partial charge in [0.05, 0.1) is 21.7 Å². The Bertz CT molecular complexity index is 1250. The highest BCUT2D eigenvalue weighted by Gasteiger charge is 2.31. The molecule has 0 N–H and O–H groups in total. The number of nitrogens with zero attached hydrogens (tertiary/aromatic N) is 3. The number of hydrogen-bond acceptors (Lipinski definition) is 6. The first kappa shape index (κ1) is 22.6. The van der Waals surface area contributed by atoms with Gasteiger partial charge in [0.25, 0.3) is 5.91 Å². The molecule has 1 amide bonds. The number of carbonyl (C=O) groups is 1. The van der Waals surface area contributed by atoms with Gasteiger partial charge in [-0.25, -0.2) is 13.4 Å². The first-order valence-corrected chi connectivity index (χ1v) is 14.4. The smallest absolute Gasteiger partial charge is 0.259 e. The standard InChI is InChI=1S/C24H25N3O3S3/c28-24(21-6-2-3-7-23(21)32-16-19-15-31-17-25-19)27-13-10-18-14-20(8-9-22(18)27)33(29,30)26-11-4-1-5-12-26/h2-3,6-9,14-15,17H,1,4-5,10-13,16H2. The van der Waals surface area contributed by atoms with Crippen LogP contribution in [0, 0.1) is 0 Å². The van der Waals surface area contributed by atoms with Crippen molar-refractivity contribution in [3.63, 3.8) is 0 Å². The summed E-state index contributed by atoms with van der Waals surface area (Å²) in [5, 5.41) is 2.02. The summed E-state index contributed by atoms with van der Waals surface area (Å²) in [6, 6.07) is 12.9. The molecule has 0 spiro atoms. The van der Waals surface area contributed by atoms with Crippen molar-refractivity contribution < 1.29 is 13.2 Å². The summed E-state index contributed by atoms with van der Waals surface area (Å²) in [5.74, 6) is 0.656. The molecule has 3 heterocycles. The number of benzene rings is 2. The lowest BCUT2D eigenvalue weighted by molar-refractivity contribution is 0.0986. The van der Waals surface area contributed by atoms with Crippen LogP contribution in [0.1, 0.15) is 40.9 Å². The molecule has 0 radical (unpaired) electrons. The van der Waals surface area contributed by atoms with Crippen molar-refractivity contribution in [1.82, 2.24) is 9.29 Å². The number of fused-ring (bicyclic) bond motifs is 1. The summed E-state index contributed by atoms with van der Waals surface area (Å²) in [7, 11) is -3.49. The molecule has 0 unspecified atom stereocenters. The minimum absolute atomic E-state index is 0.0539. The monoisotopic (exact) mass is 499 g/mol. The van der Waals surface area contributed by atoms with Gasteiger partial charge in [-0.2, -0.15) is 4.31 Å². The van der Waals surface area contributed by atoms with E-state index in [4.69, 9.17) is 0 Å². The van der Waals surface area contributed by atoms with E-state index in [0.717, 1.165) is 41.1 Å². The van der Waals surface area contributed by atoms with Gasteiger partial charge in [-0.05, 0) is 55.2 Å². The molecule has 0 bridgehead atoms. The third-order valence-corrected chi connectivity index (χ3v) is 9.76. The van der Waals surface area contributed by atoms with Crippen LogP contribution in [0.15, 0.2) is 63.1 Å². The summed E-state index contributed by atoms with van der Waals surface area (Å²) in [6.07, 6.45) is 3.55. The third kappa shape index (κ3) is 4.59. The Balaban J connectivity index is 1.37. The minimum atomic E-state index is -3.49. The Morgan fingerprint density at radius 3 is 2.67 bits per heavy atom. The highest BCUT2D eigenvalue weighted by Crippen LogP contribution is 2.34. The highest BCUT2D eigenvalue weighted by molar-refractivity contribution is 7.98. The first-order valence-electron chi connectivity index (χ1n) is 11.1. The Morgan fingerprint density at radius 1 is 1.06 bits per heavy atom. The van der Waals surface area contributed by atoms with Crippen molar-refractivity contribution in [2.75, 3.05) is 24.5 Å². The van der Waals surface area contributed by atoms with E-state index in [9.17, 15) is 13.2 Å². The summed E-state index contributed by atoms with van der Waals surface area (Å²) in [4.78, 5) is 20.8. The molecule has 1 aromatic heterocycles. The largest absolute Gasteiger partial charge is 0.308 e. The van der Waals surface area contributed by atoms with Crippen molar-refractivity contribution in [3.8, 4) is 0 Å². The Kier molecular flexibility index (Phi) is 6.56. The fraction of sp³-hybridized carbons (Fsp3) is 0.333. The van der Waals surface area contributed by atoms with Gasteiger partial charge in [-0.3, -0.25) is 4.79 Å². The zero-order valence-corrected chi connectivity index (χ0v) is 20.6. The predicted octanol–water partition coefficient (Wildman–Crippen LogP) is 4.81. The topological polar surface area (TPSA) is 70.6 Å². The number of aromatic nitrogens is 1. The summed E-state index contributed by atoms with van der Waals surface area (Å²) < 4.78 is 27.7. The van der Waals surface area contributed by atoms with Crippen LogP contribution < -0.4 is 4.90 Å². The van der Waals surface area contributed by atoms with E-state index in [-0.39, 0.29) is 5.91 Å². The van der Waals surface area contributed by atoms with E-state index in [1.807, 2.05) is 35.2 Å². The van der Waals surface area contributed by atoms with Gasteiger partial charge in [0.1, 0.15) is 0 Å². The minimum Gasteiger partial charge on any atom is -0.308 e. The van der Waals surface area contributed by atoms with E-state index in [2.05, 4.69) is 4.98 Å². The molecule has 172 valence electrons. The fourth-order valence-electron chi connectivity index (χ4n) is 4.38. The summed E-state index contributed by atoms with van der Waals surface area (Å²) in [5.41, 5.74) is 5.19. The van der Waals surface area contributed by atoms with Crippen LogP contribution in [0.4, 0.5) is 5.69 Å². The van der Waals surface area contributed by atoms with Crippen molar-refractivity contribution in [3.05, 3.63) is 70.2 Å². The van der Waals surface area contributed by atoms with Crippen LogP contribution >= 0.6 is 23.1 Å². The van der Waals surface area contributed by atoms with E-state index in [1.54, 1.807) is 50.5 Å². The number of thiazole rings is 1. The van der Waals surface area contributed by atoms with Crippen molar-refractivity contribution >= 4 is 44.7 Å².